The molecule has 2 saturated carbocycles. The fraction of sp³-hybridized carbons (Fsp3) is 0.800. The van der Waals surface area contributed by atoms with Gasteiger partial charge in [-0.25, -0.2) is 24.0 Å². The molecule has 0 aromatic rings. The van der Waals surface area contributed by atoms with Crippen LogP contribution in [0, 0.1) is 23.7 Å². The van der Waals surface area contributed by atoms with E-state index in [-0.39, 0.29) is 59.8 Å². The van der Waals surface area contributed by atoms with E-state index in [2.05, 4.69) is 23.8 Å². The number of rotatable bonds is 32. The fourth-order valence-electron chi connectivity index (χ4n) is 8.92. The summed E-state index contributed by atoms with van der Waals surface area (Å²) in [5.41, 5.74) is -0.0919. The molecule has 0 heterocycles. The molecule has 17 heteroatoms. The van der Waals surface area contributed by atoms with Crippen molar-refractivity contribution in [2.24, 2.45) is 23.7 Å². The summed E-state index contributed by atoms with van der Waals surface area (Å²) in [6, 6.07) is 0. The molecule has 0 radical (unpaired) electrons. The third-order valence-corrected chi connectivity index (χ3v) is 13.4. The zero-order chi connectivity index (χ0) is 53.5. The minimum Gasteiger partial charge on any atom is -0.460 e. The zero-order valence-corrected chi connectivity index (χ0v) is 45.6. The molecule has 0 spiro atoms. The van der Waals surface area contributed by atoms with Crippen molar-refractivity contribution in [1.29, 1.82) is 0 Å². The molecule has 0 unspecified atom stereocenters. The molecule has 2 aliphatic carbocycles. The summed E-state index contributed by atoms with van der Waals surface area (Å²) < 4.78 is 32.3. The Morgan fingerprint density at radius 3 is 1.04 bits per heavy atom. The maximum Gasteiger partial charge on any atom is 0.508 e. The van der Waals surface area contributed by atoms with Crippen LogP contribution >= 0.6 is 0 Å². The maximum atomic E-state index is 12.9. The van der Waals surface area contributed by atoms with Crippen LogP contribution < -0.4 is 10.6 Å². The van der Waals surface area contributed by atoms with Crippen molar-refractivity contribution in [2.75, 3.05) is 65.8 Å². The lowest BCUT2D eigenvalue weighted by Crippen LogP contribution is -2.47. The molecule has 0 atom stereocenters. The highest BCUT2D eigenvalue weighted by Gasteiger charge is 2.29. The Kier molecular flexibility index (Phi) is 30.4. The third kappa shape index (κ3) is 28.4. The molecular formula is C55H94N4O13. The highest BCUT2D eigenvalue weighted by molar-refractivity contribution is 5.87. The topological polar surface area (TPSA) is 205 Å². The molecule has 0 aromatic carbocycles. The van der Waals surface area contributed by atoms with Crippen molar-refractivity contribution >= 4 is 42.1 Å². The molecule has 17 nitrogen and oxygen atoms in total. The van der Waals surface area contributed by atoms with Gasteiger partial charge in [0.05, 0.1) is 39.5 Å². The molecule has 2 aliphatic rings. The van der Waals surface area contributed by atoms with Crippen LogP contribution in [0.5, 0.6) is 0 Å². The molecule has 2 fully saturated rings. The van der Waals surface area contributed by atoms with Gasteiger partial charge in [0.25, 0.3) is 0 Å². The number of carbonyl (C=O) groups is 7. The number of amides is 4. The van der Waals surface area contributed by atoms with Gasteiger partial charge in [0.2, 0.25) is 11.8 Å². The van der Waals surface area contributed by atoms with Crippen LogP contribution in [-0.4, -0.2) is 129 Å². The van der Waals surface area contributed by atoms with Crippen LogP contribution in [0.2, 0.25) is 0 Å². The molecule has 72 heavy (non-hydrogen) atoms. The van der Waals surface area contributed by atoms with Crippen molar-refractivity contribution < 1.29 is 62.0 Å². The van der Waals surface area contributed by atoms with E-state index in [1.807, 2.05) is 41.5 Å². The lowest BCUT2D eigenvalue weighted by molar-refractivity contribution is -0.144. The molecule has 0 aliphatic heterocycles. The van der Waals surface area contributed by atoms with Gasteiger partial charge >= 0.3 is 30.3 Å². The van der Waals surface area contributed by atoms with Gasteiger partial charge in [0.1, 0.15) is 13.2 Å². The van der Waals surface area contributed by atoms with E-state index in [1.54, 1.807) is 23.6 Å². The molecule has 4 amide bonds. The van der Waals surface area contributed by atoms with E-state index in [0.29, 0.717) is 76.6 Å². The van der Waals surface area contributed by atoms with Crippen LogP contribution in [0.15, 0.2) is 24.3 Å². The third-order valence-electron chi connectivity index (χ3n) is 13.4. The van der Waals surface area contributed by atoms with Gasteiger partial charge in [0, 0.05) is 48.2 Å². The highest BCUT2D eigenvalue weighted by atomic mass is 16.7. The summed E-state index contributed by atoms with van der Waals surface area (Å²) >= 11 is 0. The number of hydrogen-bond donors (Lipinski definition) is 2. The van der Waals surface area contributed by atoms with Crippen LogP contribution in [-0.2, 0) is 47.6 Å². The number of hydrogen-bond acceptors (Lipinski definition) is 13. The largest absolute Gasteiger partial charge is 0.508 e. The Bertz CT molecular complexity index is 1570. The molecule has 2 rings (SSSR count). The van der Waals surface area contributed by atoms with E-state index >= 15 is 0 Å². The zero-order valence-electron chi connectivity index (χ0n) is 45.6. The second-order valence-corrected chi connectivity index (χ2v) is 22.0. The first-order valence-corrected chi connectivity index (χ1v) is 26.9. The van der Waals surface area contributed by atoms with E-state index in [1.165, 1.54) is 0 Å². The van der Waals surface area contributed by atoms with Crippen molar-refractivity contribution in [3.05, 3.63) is 24.3 Å². The number of unbranched alkanes of at least 4 members (excludes halogenated alkanes) is 8. The van der Waals surface area contributed by atoms with Gasteiger partial charge in [-0.05, 0) is 156 Å². The highest BCUT2D eigenvalue weighted by Crippen LogP contribution is 2.31. The number of esters is 2. The Labute approximate surface area is 431 Å². The van der Waals surface area contributed by atoms with Crippen molar-refractivity contribution in [3.63, 3.8) is 0 Å². The maximum absolute atomic E-state index is 12.9. The van der Waals surface area contributed by atoms with Gasteiger partial charge in [-0.3, -0.25) is 9.59 Å². The summed E-state index contributed by atoms with van der Waals surface area (Å²) in [5, 5.41) is 5.68. The molecular weight excluding hydrogens is 925 g/mol. The molecule has 2 N–H and O–H groups in total. The second-order valence-electron chi connectivity index (χ2n) is 22.0. The van der Waals surface area contributed by atoms with Gasteiger partial charge in [-0.15, -0.1) is 0 Å². The molecule has 0 saturated heterocycles. The Hall–Kier alpha value is -4.83. The number of nitrogens with zero attached hydrogens (tertiary/aromatic N) is 2. The van der Waals surface area contributed by atoms with Crippen LogP contribution in [0.4, 0.5) is 14.4 Å². The summed E-state index contributed by atoms with van der Waals surface area (Å²) in [5.74, 6) is 0.246. The van der Waals surface area contributed by atoms with Crippen LogP contribution in [0.25, 0.3) is 0 Å². The monoisotopic (exact) mass is 1020 g/mol. The predicted octanol–water partition coefficient (Wildman–Crippen LogP) is 10.4. The SMILES string of the molecule is C=C(C)C(=O)OCCN(C(=O)CCCCCCCNC(=O)OCC1CCC(COC(=O)OCC2CCC(COC(=O)NCCCCCCCC(=O)N(CCOC(=O)C(=C)C)C(C)(C)C)CC2)CC1)C(C)(C)C. The van der Waals surface area contributed by atoms with Crippen molar-refractivity contribution in [1.82, 2.24) is 20.4 Å². The van der Waals surface area contributed by atoms with Gasteiger partial charge in [0.15, 0.2) is 0 Å². The summed E-state index contributed by atoms with van der Waals surface area (Å²) in [6.07, 6.45) is 15.4. The number of ether oxygens (including phenoxy) is 6. The minimum atomic E-state index is -0.635. The average Bonchev–Trinajstić information content (AvgIpc) is 3.32. The van der Waals surface area contributed by atoms with Gasteiger partial charge in [-0.1, -0.05) is 51.7 Å². The predicted molar refractivity (Wildman–Crippen MR) is 277 cm³/mol. The normalized spacial score (nSPS) is 17.9. The molecule has 412 valence electrons. The van der Waals surface area contributed by atoms with Crippen LogP contribution in [0.1, 0.15) is 184 Å². The Balaban J connectivity index is 1.43. The Morgan fingerprint density at radius 1 is 0.444 bits per heavy atom. The standard InChI is InChI=1S/C55H94N4O13/c1-41(2)49(62)67-35-33-58(54(5,6)7)47(60)21-17-13-11-15-19-31-56-51(64)69-37-43-23-27-45(28-24-43)39-71-53(66)72-40-46-29-25-44(26-30-46)38-70-52(65)57-32-20-16-12-14-18-22-48(61)59(55(8,9)10)34-36-68-50(63)42(3)4/h43-46H,1,3,11-40H2,2,4-10H3,(H,56,64)(H,57,65). The number of nitrogens with one attached hydrogen (secondary N) is 2. The summed E-state index contributed by atoms with van der Waals surface area (Å²) in [7, 11) is 0. The molecule has 0 aromatic heterocycles. The first-order valence-electron chi connectivity index (χ1n) is 26.9. The van der Waals surface area contributed by atoms with Crippen molar-refractivity contribution in [3.8, 4) is 0 Å². The Morgan fingerprint density at radius 2 is 0.736 bits per heavy atom. The van der Waals surface area contributed by atoms with Crippen molar-refractivity contribution in [2.45, 2.75) is 195 Å². The van der Waals surface area contributed by atoms with Crippen LogP contribution in [0.3, 0.4) is 0 Å². The number of alkyl carbamates (subject to hydrolysis) is 2. The first-order chi connectivity index (χ1) is 34.1. The van der Waals surface area contributed by atoms with E-state index in [4.69, 9.17) is 28.4 Å². The van der Waals surface area contributed by atoms with E-state index in [9.17, 15) is 33.6 Å². The summed E-state index contributed by atoms with van der Waals surface area (Å²) in [6.45, 7) is 25.6. The molecule has 0 bridgehead atoms. The smallest absolute Gasteiger partial charge is 0.460 e. The lowest BCUT2D eigenvalue weighted by atomic mass is 9.83. The second kappa shape index (κ2) is 34.6. The van der Waals surface area contributed by atoms with Gasteiger partial charge < -0.3 is 48.9 Å². The quantitative estimate of drug-likeness (QED) is 0.0279. The van der Waals surface area contributed by atoms with E-state index < -0.39 is 30.3 Å². The first kappa shape index (κ1) is 63.3. The lowest BCUT2D eigenvalue weighted by Gasteiger charge is -2.35. The summed E-state index contributed by atoms with van der Waals surface area (Å²) in [4.78, 5) is 89.7. The average molecular weight is 1020 g/mol. The van der Waals surface area contributed by atoms with E-state index in [0.717, 1.165) is 116 Å². The fourth-order valence-corrected chi connectivity index (χ4v) is 8.92. The number of carbonyl (C=O) groups excluding carboxylic acids is 7. The van der Waals surface area contributed by atoms with Gasteiger partial charge in [-0.2, -0.15) is 0 Å². The minimum absolute atomic E-state index is 0.0429.